The molecule has 1 fully saturated rings. The number of rotatable bonds is 2. The van der Waals surface area contributed by atoms with Crippen LogP contribution in [0.15, 0.2) is 11.0 Å². The first-order chi connectivity index (χ1) is 8.02. The number of aromatic nitrogens is 2. The maximum absolute atomic E-state index is 13.2. The third kappa shape index (κ3) is 2.14. The van der Waals surface area contributed by atoms with Crippen LogP contribution in [-0.2, 0) is 4.74 Å². The van der Waals surface area contributed by atoms with E-state index < -0.39 is 35.8 Å². The second-order valence-electron chi connectivity index (χ2n) is 3.78. The van der Waals surface area contributed by atoms with Crippen molar-refractivity contribution in [2.24, 2.45) is 0 Å². The van der Waals surface area contributed by atoms with E-state index in [0.29, 0.717) is 0 Å². The fourth-order valence-electron chi connectivity index (χ4n) is 1.71. The van der Waals surface area contributed by atoms with E-state index in [1.165, 1.54) is 0 Å². The molecule has 3 atom stereocenters. The van der Waals surface area contributed by atoms with E-state index >= 15 is 0 Å². The van der Waals surface area contributed by atoms with Crippen molar-refractivity contribution in [1.29, 1.82) is 0 Å². The number of ether oxygens (including phenoxy) is 1. The van der Waals surface area contributed by atoms with Crippen molar-refractivity contribution >= 4 is 5.82 Å². The van der Waals surface area contributed by atoms with Crippen LogP contribution in [0.25, 0.3) is 0 Å². The van der Waals surface area contributed by atoms with Gasteiger partial charge in [0.05, 0.1) is 18.9 Å². The quantitative estimate of drug-likeness (QED) is 0.591. The van der Waals surface area contributed by atoms with Gasteiger partial charge in [0.1, 0.15) is 12.3 Å². The molecule has 1 aromatic heterocycles. The molecule has 0 saturated carbocycles. The Balaban J connectivity index is 2.30. The molecule has 94 valence electrons. The third-order valence-corrected chi connectivity index (χ3v) is 2.63. The monoisotopic (exact) mass is 245 g/mol. The summed E-state index contributed by atoms with van der Waals surface area (Å²) in [6.07, 6.45) is -1.58. The summed E-state index contributed by atoms with van der Waals surface area (Å²) in [4.78, 5) is 14.7. The van der Waals surface area contributed by atoms with Gasteiger partial charge in [-0.25, -0.2) is 9.18 Å². The summed E-state index contributed by atoms with van der Waals surface area (Å²) in [6, 6.07) is 0. The predicted molar refractivity (Wildman–Crippen MR) is 54.5 cm³/mol. The van der Waals surface area contributed by atoms with Gasteiger partial charge < -0.3 is 20.7 Å². The highest BCUT2D eigenvalue weighted by Gasteiger charge is 2.35. The first-order valence-corrected chi connectivity index (χ1v) is 5.01. The highest BCUT2D eigenvalue weighted by atomic mass is 19.1. The van der Waals surface area contributed by atoms with Gasteiger partial charge in [-0.15, -0.1) is 0 Å². The van der Waals surface area contributed by atoms with Crippen LogP contribution < -0.4 is 11.4 Å². The van der Waals surface area contributed by atoms with Gasteiger partial charge in [-0.2, -0.15) is 4.98 Å². The lowest BCUT2D eigenvalue weighted by atomic mass is 10.2. The molecule has 0 bridgehead atoms. The Labute approximate surface area is 95.3 Å². The first kappa shape index (κ1) is 12.0. The molecule has 2 unspecified atom stereocenters. The molecule has 0 aromatic carbocycles. The minimum atomic E-state index is -0.905. The van der Waals surface area contributed by atoms with Gasteiger partial charge in [0.15, 0.2) is 11.6 Å². The van der Waals surface area contributed by atoms with Crippen LogP contribution >= 0.6 is 0 Å². The van der Waals surface area contributed by atoms with Gasteiger partial charge in [-0.05, 0) is 0 Å². The highest BCUT2D eigenvalue weighted by molar-refractivity contribution is 5.26. The summed E-state index contributed by atoms with van der Waals surface area (Å²) in [7, 11) is 0. The van der Waals surface area contributed by atoms with Crippen molar-refractivity contribution < 1.29 is 19.3 Å². The molecule has 0 amide bonds. The minimum Gasteiger partial charge on any atom is -0.394 e. The first-order valence-electron chi connectivity index (χ1n) is 5.01. The van der Waals surface area contributed by atoms with Gasteiger partial charge in [-0.3, -0.25) is 4.57 Å². The normalized spacial score (nSPS) is 28.5. The van der Waals surface area contributed by atoms with Crippen molar-refractivity contribution in [2.75, 3.05) is 12.3 Å². The number of nitrogen functional groups attached to an aromatic ring is 1. The van der Waals surface area contributed by atoms with Crippen molar-refractivity contribution in [3.05, 3.63) is 22.5 Å². The molecule has 2 rings (SSSR count). The molecule has 0 radical (unpaired) electrons. The molecule has 4 N–H and O–H groups in total. The number of nitrogens with two attached hydrogens (primary N) is 1. The molecule has 1 aromatic rings. The van der Waals surface area contributed by atoms with Crippen molar-refractivity contribution in [3.63, 3.8) is 0 Å². The minimum absolute atomic E-state index is 0.0795. The van der Waals surface area contributed by atoms with E-state index in [9.17, 15) is 14.3 Å². The third-order valence-electron chi connectivity index (χ3n) is 2.63. The van der Waals surface area contributed by atoms with Crippen molar-refractivity contribution in [2.45, 2.75) is 24.9 Å². The van der Waals surface area contributed by atoms with Gasteiger partial charge >= 0.3 is 5.69 Å². The Morgan fingerprint density at radius 2 is 2.41 bits per heavy atom. The molecule has 7 nitrogen and oxygen atoms in total. The maximum atomic E-state index is 13.2. The molecule has 2 heterocycles. The number of hydrogen-bond acceptors (Lipinski definition) is 6. The Morgan fingerprint density at radius 3 is 3.00 bits per heavy atom. The van der Waals surface area contributed by atoms with Gasteiger partial charge in [0.2, 0.25) is 0 Å². The maximum Gasteiger partial charge on any atom is 0.351 e. The van der Waals surface area contributed by atoms with Crippen LogP contribution in [0.2, 0.25) is 0 Å². The van der Waals surface area contributed by atoms with E-state index in [2.05, 4.69) is 4.98 Å². The molecule has 0 aliphatic carbocycles. The second-order valence-corrected chi connectivity index (χ2v) is 3.78. The number of halogens is 1. The summed E-state index contributed by atoms with van der Waals surface area (Å²) in [6.45, 7) is -0.378. The topological polar surface area (TPSA) is 111 Å². The standard InChI is InChI=1S/C9H12FN3O4/c10-4-2-13(9(16)12-8(4)11)7-1-5(15)6(3-14)17-7/h2,5-7,14-15H,1,3H2,(H2,11,12,16)/t5-,6?,7?/m1/s1. The fraction of sp³-hybridized carbons (Fsp3) is 0.556. The molecule has 8 heteroatoms. The van der Waals surface area contributed by atoms with Crippen molar-refractivity contribution in [3.8, 4) is 0 Å². The number of nitrogens with zero attached hydrogens (tertiary/aromatic N) is 2. The Morgan fingerprint density at radius 1 is 1.71 bits per heavy atom. The van der Waals surface area contributed by atoms with E-state index in [0.717, 1.165) is 10.8 Å². The van der Waals surface area contributed by atoms with Crippen LogP contribution in [-0.4, -0.2) is 38.6 Å². The van der Waals surface area contributed by atoms with E-state index in [1.54, 1.807) is 0 Å². The fourth-order valence-corrected chi connectivity index (χ4v) is 1.71. The van der Waals surface area contributed by atoms with Gasteiger partial charge in [-0.1, -0.05) is 0 Å². The van der Waals surface area contributed by atoms with E-state index in [4.69, 9.17) is 15.6 Å². The largest absolute Gasteiger partial charge is 0.394 e. The average molecular weight is 245 g/mol. The number of aliphatic hydroxyl groups excluding tert-OH is 2. The summed E-state index contributed by atoms with van der Waals surface area (Å²) in [5.41, 5.74) is 4.38. The lowest BCUT2D eigenvalue weighted by Gasteiger charge is -2.14. The molecule has 1 saturated heterocycles. The second kappa shape index (κ2) is 4.40. The van der Waals surface area contributed by atoms with Crippen molar-refractivity contribution in [1.82, 2.24) is 9.55 Å². The Hall–Kier alpha value is -1.51. The van der Waals surface area contributed by atoms with E-state index in [1.807, 2.05) is 0 Å². The van der Waals surface area contributed by atoms with E-state index in [-0.39, 0.29) is 13.0 Å². The summed E-state index contributed by atoms with van der Waals surface area (Å²) in [5.74, 6) is -1.32. The SMILES string of the molecule is Nc1nc(=O)n(C2C[C@@H](O)C(CO)O2)cc1F. The average Bonchev–Trinajstić information content (AvgIpc) is 2.65. The Bertz CT molecular complexity index is 478. The Kier molecular flexibility index (Phi) is 3.09. The number of anilines is 1. The smallest absolute Gasteiger partial charge is 0.351 e. The summed E-state index contributed by atoms with van der Waals surface area (Å²) >= 11 is 0. The van der Waals surface area contributed by atoms with Crippen LogP contribution in [0.3, 0.4) is 0 Å². The molecule has 17 heavy (non-hydrogen) atoms. The molecule has 0 spiro atoms. The molecule has 1 aliphatic rings. The summed E-state index contributed by atoms with van der Waals surface area (Å²) < 4.78 is 19.3. The lowest BCUT2D eigenvalue weighted by Crippen LogP contribution is -2.29. The molecular weight excluding hydrogens is 233 g/mol. The van der Waals surface area contributed by atoms with Crippen LogP contribution in [0.4, 0.5) is 10.2 Å². The zero-order valence-electron chi connectivity index (χ0n) is 8.78. The van der Waals surface area contributed by atoms with Crippen LogP contribution in [0.1, 0.15) is 12.6 Å². The molecular formula is C9H12FN3O4. The highest BCUT2D eigenvalue weighted by Crippen LogP contribution is 2.27. The number of hydrogen-bond donors (Lipinski definition) is 3. The zero-order valence-corrected chi connectivity index (χ0v) is 8.78. The van der Waals surface area contributed by atoms with Gasteiger partial charge in [0.25, 0.3) is 0 Å². The van der Waals surface area contributed by atoms with Crippen LogP contribution in [0, 0.1) is 5.82 Å². The predicted octanol–water partition coefficient (Wildman–Crippen LogP) is -1.39. The zero-order chi connectivity index (χ0) is 12.6. The molecule has 1 aliphatic heterocycles. The van der Waals surface area contributed by atoms with Gasteiger partial charge in [0, 0.05) is 6.42 Å². The van der Waals surface area contributed by atoms with Crippen LogP contribution in [0.5, 0.6) is 0 Å². The number of aliphatic hydroxyl groups is 2. The summed E-state index contributed by atoms with van der Waals surface area (Å²) in [5, 5.41) is 18.4. The lowest BCUT2D eigenvalue weighted by molar-refractivity contribution is -0.0461.